The molecule has 84 valence electrons. The maximum atomic E-state index is 9.07. The zero-order chi connectivity index (χ0) is 11.1. The molecule has 0 bridgehead atoms. The Morgan fingerprint density at radius 3 is 2.47 bits per heavy atom. The van der Waals surface area contributed by atoms with Crippen LogP contribution in [0.2, 0.25) is 0 Å². The third-order valence-electron chi connectivity index (χ3n) is 2.01. The van der Waals surface area contributed by atoms with Gasteiger partial charge in [-0.05, 0) is 30.7 Å². The first-order valence-electron chi connectivity index (χ1n) is 4.97. The van der Waals surface area contributed by atoms with Gasteiger partial charge < -0.3 is 20.7 Å². The zero-order valence-electron chi connectivity index (χ0n) is 8.60. The molecule has 0 amide bonds. The molecule has 0 radical (unpaired) electrons. The maximum Gasteiger partial charge on any atom is 0.119 e. The lowest BCUT2D eigenvalue weighted by molar-refractivity contribution is 0.0536. The van der Waals surface area contributed by atoms with Gasteiger partial charge in [0.15, 0.2) is 0 Å². The molecule has 0 saturated carbocycles. The summed E-state index contributed by atoms with van der Waals surface area (Å²) in [5.74, 6) is 0.684. The molecule has 4 heteroatoms. The molecule has 15 heavy (non-hydrogen) atoms. The molecule has 1 unspecified atom stereocenters. The van der Waals surface area contributed by atoms with E-state index >= 15 is 0 Å². The average Bonchev–Trinajstić information content (AvgIpc) is 2.28. The number of hydrogen-bond donors (Lipinski definition) is 3. The molecule has 1 aromatic carbocycles. The number of benzene rings is 1. The van der Waals surface area contributed by atoms with Crippen LogP contribution in [0.4, 0.5) is 0 Å². The van der Waals surface area contributed by atoms with Crippen LogP contribution in [0.5, 0.6) is 5.75 Å². The van der Waals surface area contributed by atoms with Crippen molar-refractivity contribution in [2.24, 2.45) is 5.73 Å². The van der Waals surface area contributed by atoms with Crippen molar-refractivity contribution < 1.29 is 14.9 Å². The molecule has 4 nitrogen and oxygen atoms in total. The highest BCUT2D eigenvalue weighted by atomic mass is 16.5. The van der Waals surface area contributed by atoms with Crippen LogP contribution in [0.3, 0.4) is 0 Å². The van der Waals surface area contributed by atoms with Crippen LogP contribution in [0.1, 0.15) is 5.56 Å². The Morgan fingerprint density at radius 2 is 1.93 bits per heavy atom. The number of aliphatic hydroxyl groups excluding tert-OH is 2. The fourth-order valence-corrected chi connectivity index (χ4v) is 1.16. The molecular weight excluding hydrogens is 194 g/mol. The Bertz CT molecular complexity index is 274. The summed E-state index contributed by atoms with van der Waals surface area (Å²) in [5.41, 5.74) is 6.58. The van der Waals surface area contributed by atoms with Crippen molar-refractivity contribution in [1.82, 2.24) is 0 Å². The van der Waals surface area contributed by atoms with Gasteiger partial charge in [-0.3, -0.25) is 0 Å². The molecule has 0 saturated heterocycles. The Balaban J connectivity index is 2.42. The molecule has 0 aromatic heterocycles. The van der Waals surface area contributed by atoms with Gasteiger partial charge in [0.05, 0.1) is 6.61 Å². The Kier molecular flexibility index (Phi) is 5.10. The van der Waals surface area contributed by atoms with Gasteiger partial charge in [-0.2, -0.15) is 0 Å². The average molecular weight is 211 g/mol. The van der Waals surface area contributed by atoms with E-state index in [9.17, 15) is 0 Å². The topological polar surface area (TPSA) is 75.7 Å². The van der Waals surface area contributed by atoms with Crippen molar-refractivity contribution in [3.8, 4) is 5.75 Å². The number of aliphatic hydroxyl groups is 2. The number of rotatable bonds is 6. The number of hydrogen-bond acceptors (Lipinski definition) is 4. The smallest absolute Gasteiger partial charge is 0.119 e. The molecule has 0 heterocycles. The van der Waals surface area contributed by atoms with E-state index in [-0.39, 0.29) is 13.2 Å². The summed E-state index contributed by atoms with van der Waals surface area (Å²) in [6, 6.07) is 7.53. The summed E-state index contributed by atoms with van der Waals surface area (Å²) < 4.78 is 5.25. The van der Waals surface area contributed by atoms with E-state index in [1.807, 2.05) is 24.3 Å². The van der Waals surface area contributed by atoms with Crippen LogP contribution in [-0.2, 0) is 6.42 Å². The molecule has 1 atom stereocenters. The molecule has 4 N–H and O–H groups in total. The van der Waals surface area contributed by atoms with E-state index < -0.39 is 6.10 Å². The molecule has 0 aliphatic rings. The van der Waals surface area contributed by atoms with E-state index in [2.05, 4.69) is 0 Å². The van der Waals surface area contributed by atoms with Crippen molar-refractivity contribution in [2.45, 2.75) is 12.5 Å². The largest absolute Gasteiger partial charge is 0.491 e. The third kappa shape index (κ3) is 4.29. The van der Waals surface area contributed by atoms with E-state index in [1.54, 1.807) is 0 Å². The second-order valence-electron chi connectivity index (χ2n) is 3.33. The molecule has 1 aromatic rings. The summed E-state index contributed by atoms with van der Waals surface area (Å²) in [6.07, 6.45) is 0.0215. The molecule has 0 aliphatic heterocycles. The van der Waals surface area contributed by atoms with Crippen molar-refractivity contribution in [1.29, 1.82) is 0 Å². The Labute approximate surface area is 89.3 Å². The van der Waals surface area contributed by atoms with Gasteiger partial charge in [-0.1, -0.05) is 12.1 Å². The second kappa shape index (κ2) is 6.40. The van der Waals surface area contributed by atoms with E-state index in [0.717, 1.165) is 12.0 Å². The fourth-order valence-electron chi connectivity index (χ4n) is 1.16. The summed E-state index contributed by atoms with van der Waals surface area (Å²) in [6.45, 7) is 0.446. The number of nitrogens with two attached hydrogens (primary N) is 1. The van der Waals surface area contributed by atoms with Gasteiger partial charge in [-0.15, -0.1) is 0 Å². The predicted molar refractivity (Wildman–Crippen MR) is 57.8 cm³/mol. The minimum absolute atomic E-state index is 0.104. The first-order chi connectivity index (χ1) is 7.26. The van der Waals surface area contributed by atoms with Crippen molar-refractivity contribution in [2.75, 3.05) is 19.8 Å². The van der Waals surface area contributed by atoms with Crippen LogP contribution in [0.15, 0.2) is 24.3 Å². The van der Waals surface area contributed by atoms with Crippen molar-refractivity contribution >= 4 is 0 Å². The second-order valence-corrected chi connectivity index (χ2v) is 3.33. The highest BCUT2D eigenvalue weighted by Gasteiger charge is 2.02. The van der Waals surface area contributed by atoms with Gasteiger partial charge in [0.2, 0.25) is 0 Å². The van der Waals surface area contributed by atoms with Gasteiger partial charge in [0, 0.05) is 0 Å². The lowest BCUT2D eigenvalue weighted by Crippen LogP contribution is -2.21. The molecule has 0 aliphatic carbocycles. The fraction of sp³-hybridized carbons (Fsp3) is 0.455. The first-order valence-corrected chi connectivity index (χ1v) is 4.97. The van der Waals surface area contributed by atoms with Crippen LogP contribution < -0.4 is 10.5 Å². The molecule has 1 rings (SSSR count). The van der Waals surface area contributed by atoms with Crippen LogP contribution in [0.25, 0.3) is 0 Å². The predicted octanol–water partition coefficient (Wildman–Crippen LogP) is -0.0802. The van der Waals surface area contributed by atoms with Crippen LogP contribution in [0, 0.1) is 0 Å². The van der Waals surface area contributed by atoms with Crippen molar-refractivity contribution in [3.63, 3.8) is 0 Å². The molecular formula is C11H17NO3. The normalized spacial score (nSPS) is 12.5. The van der Waals surface area contributed by atoms with E-state index in [4.69, 9.17) is 20.7 Å². The molecule has 0 fully saturated rings. The first kappa shape index (κ1) is 12.0. The summed E-state index contributed by atoms with van der Waals surface area (Å²) in [5, 5.41) is 17.6. The highest BCUT2D eigenvalue weighted by Crippen LogP contribution is 2.12. The minimum atomic E-state index is -0.825. The maximum absolute atomic E-state index is 9.07. The number of ether oxygens (including phenoxy) is 1. The Morgan fingerprint density at radius 1 is 1.27 bits per heavy atom. The van der Waals surface area contributed by atoms with Gasteiger partial charge in [0.1, 0.15) is 18.5 Å². The monoisotopic (exact) mass is 211 g/mol. The summed E-state index contributed by atoms with van der Waals surface area (Å²) >= 11 is 0. The van der Waals surface area contributed by atoms with E-state index in [1.165, 1.54) is 0 Å². The van der Waals surface area contributed by atoms with Crippen LogP contribution >= 0.6 is 0 Å². The minimum Gasteiger partial charge on any atom is -0.491 e. The van der Waals surface area contributed by atoms with Gasteiger partial charge in [0.25, 0.3) is 0 Å². The highest BCUT2D eigenvalue weighted by molar-refractivity contribution is 5.27. The Hall–Kier alpha value is -1.10. The lowest BCUT2D eigenvalue weighted by Gasteiger charge is -2.10. The van der Waals surface area contributed by atoms with Crippen molar-refractivity contribution in [3.05, 3.63) is 29.8 Å². The summed E-state index contributed by atoms with van der Waals surface area (Å²) in [4.78, 5) is 0. The SMILES string of the molecule is NCCc1ccc(OCC(O)CO)cc1. The summed E-state index contributed by atoms with van der Waals surface area (Å²) in [7, 11) is 0. The zero-order valence-corrected chi connectivity index (χ0v) is 8.60. The molecule has 0 spiro atoms. The van der Waals surface area contributed by atoms with Crippen LogP contribution in [-0.4, -0.2) is 36.1 Å². The quantitative estimate of drug-likeness (QED) is 0.615. The van der Waals surface area contributed by atoms with Gasteiger partial charge >= 0.3 is 0 Å². The third-order valence-corrected chi connectivity index (χ3v) is 2.01. The standard InChI is InChI=1S/C11H17NO3/c12-6-5-9-1-3-11(4-2-9)15-8-10(14)7-13/h1-4,10,13-14H,5-8,12H2. The van der Waals surface area contributed by atoms with E-state index in [0.29, 0.717) is 12.3 Å². The lowest BCUT2D eigenvalue weighted by atomic mass is 10.1. The van der Waals surface area contributed by atoms with Gasteiger partial charge in [-0.25, -0.2) is 0 Å².